The Bertz CT molecular complexity index is 1510. The molecule has 1 unspecified atom stereocenters. The maximum Gasteiger partial charge on any atom is 0.271 e. The molecule has 10 nitrogen and oxygen atoms in total. The number of nitrogens with zero attached hydrogens (tertiary/aromatic N) is 7. The van der Waals surface area contributed by atoms with Crippen molar-refractivity contribution in [2.75, 3.05) is 26.4 Å². The Balaban J connectivity index is 1.90. The average Bonchev–Trinajstić information content (AvgIpc) is 3.25. The van der Waals surface area contributed by atoms with Crippen molar-refractivity contribution in [3.63, 3.8) is 0 Å². The maximum atomic E-state index is 12.3. The van der Waals surface area contributed by atoms with E-state index in [9.17, 15) is 10.1 Å². The van der Waals surface area contributed by atoms with E-state index in [2.05, 4.69) is 26.1 Å². The van der Waals surface area contributed by atoms with Gasteiger partial charge in [-0.2, -0.15) is 10.4 Å². The van der Waals surface area contributed by atoms with Gasteiger partial charge in [-0.25, -0.2) is 14.6 Å². The van der Waals surface area contributed by atoms with E-state index >= 15 is 0 Å². The number of nitrogens with two attached hydrogens (primary N) is 1. The zero-order valence-electron chi connectivity index (χ0n) is 20.6. The summed E-state index contributed by atoms with van der Waals surface area (Å²) in [6, 6.07) is 7.04. The van der Waals surface area contributed by atoms with Crippen molar-refractivity contribution >= 4 is 34.4 Å². The van der Waals surface area contributed by atoms with Crippen molar-refractivity contribution in [2.24, 2.45) is 0 Å². The van der Waals surface area contributed by atoms with Gasteiger partial charge in [0.1, 0.15) is 29.7 Å². The summed E-state index contributed by atoms with van der Waals surface area (Å²) in [5.41, 5.74) is 10.2. The van der Waals surface area contributed by atoms with Crippen molar-refractivity contribution in [1.29, 1.82) is 5.26 Å². The SMILES string of the molecule is CCOc1c(Cl)cc(C(C)n2nc(C#N)c3c(N)ncnc32)c(C)c1-c1ccc(C(=O)N(C)C)nc1. The van der Waals surface area contributed by atoms with Gasteiger partial charge in [0.15, 0.2) is 11.3 Å². The van der Waals surface area contributed by atoms with Crippen LogP contribution in [0.15, 0.2) is 30.7 Å². The average molecular weight is 505 g/mol. The number of benzene rings is 1. The van der Waals surface area contributed by atoms with Crippen LogP contribution >= 0.6 is 11.6 Å². The first-order chi connectivity index (χ1) is 17.2. The Morgan fingerprint density at radius 2 is 2.06 bits per heavy atom. The number of rotatable bonds is 6. The second kappa shape index (κ2) is 9.79. The molecule has 0 saturated carbocycles. The monoisotopic (exact) mass is 504 g/mol. The summed E-state index contributed by atoms with van der Waals surface area (Å²) >= 11 is 6.73. The van der Waals surface area contributed by atoms with Crippen molar-refractivity contribution in [1.82, 2.24) is 29.6 Å². The smallest absolute Gasteiger partial charge is 0.271 e. The lowest BCUT2D eigenvalue weighted by Crippen LogP contribution is -2.22. The largest absolute Gasteiger partial charge is 0.492 e. The topological polar surface area (TPSA) is 136 Å². The molecule has 3 heterocycles. The molecule has 0 saturated heterocycles. The van der Waals surface area contributed by atoms with Crippen LogP contribution < -0.4 is 10.5 Å². The fourth-order valence-corrected chi connectivity index (χ4v) is 4.45. The highest BCUT2D eigenvalue weighted by atomic mass is 35.5. The lowest BCUT2D eigenvalue weighted by atomic mass is 9.93. The van der Waals surface area contributed by atoms with Crippen LogP contribution in [0.3, 0.4) is 0 Å². The number of hydrogen-bond acceptors (Lipinski definition) is 8. The fourth-order valence-electron chi connectivity index (χ4n) is 4.18. The highest BCUT2D eigenvalue weighted by Gasteiger charge is 2.25. The second-order valence-electron chi connectivity index (χ2n) is 8.38. The highest BCUT2D eigenvalue weighted by Crippen LogP contribution is 2.43. The molecule has 2 N–H and O–H groups in total. The minimum atomic E-state index is -0.363. The number of nitriles is 1. The van der Waals surface area contributed by atoms with Crippen LogP contribution in [0.5, 0.6) is 5.75 Å². The number of amides is 1. The molecule has 0 aliphatic carbocycles. The first kappa shape index (κ1) is 24.9. The number of ether oxygens (including phenoxy) is 1. The van der Waals surface area contributed by atoms with E-state index in [0.717, 1.165) is 22.3 Å². The number of pyridine rings is 1. The molecule has 0 aliphatic heterocycles. The Hall–Kier alpha value is -4.23. The molecule has 1 amide bonds. The van der Waals surface area contributed by atoms with Crippen LogP contribution in [0.4, 0.5) is 5.82 Å². The van der Waals surface area contributed by atoms with Crippen molar-refractivity contribution in [3.05, 3.63) is 58.3 Å². The summed E-state index contributed by atoms with van der Waals surface area (Å²) in [7, 11) is 3.35. The van der Waals surface area contributed by atoms with Gasteiger partial charge < -0.3 is 15.4 Å². The molecule has 0 spiro atoms. The molecule has 0 radical (unpaired) electrons. The molecular formula is C25H25ClN8O2. The third-order valence-corrected chi connectivity index (χ3v) is 6.22. The van der Waals surface area contributed by atoms with Crippen molar-refractivity contribution in [2.45, 2.75) is 26.8 Å². The first-order valence-corrected chi connectivity index (χ1v) is 11.6. The summed E-state index contributed by atoms with van der Waals surface area (Å²) in [6.45, 7) is 6.19. The van der Waals surface area contributed by atoms with E-state index < -0.39 is 0 Å². The maximum absolute atomic E-state index is 12.3. The Labute approximate surface area is 213 Å². The fraction of sp³-hybridized carbons (Fsp3) is 0.280. The van der Waals surface area contributed by atoms with Gasteiger partial charge >= 0.3 is 0 Å². The van der Waals surface area contributed by atoms with Gasteiger partial charge in [-0.05, 0) is 44.0 Å². The van der Waals surface area contributed by atoms with Gasteiger partial charge in [-0.3, -0.25) is 9.78 Å². The zero-order chi connectivity index (χ0) is 26.1. The third-order valence-electron chi connectivity index (χ3n) is 5.94. The summed E-state index contributed by atoms with van der Waals surface area (Å²) in [5, 5.41) is 14.9. The standard InChI is InChI=1S/C25H25ClN8O2/c1-6-36-22-17(26)9-16(13(2)20(22)15-7-8-18(29-11-15)25(35)33(4)5)14(3)34-24-21(19(10-27)32-34)23(28)30-12-31-24/h7-9,11-12,14H,6H2,1-5H3,(H2,28,30,31). The number of aromatic nitrogens is 5. The van der Waals surface area contributed by atoms with Gasteiger partial charge in [-0.15, -0.1) is 0 Å². The van der Waals surface area contributed by atoms with Gasteiger partial charge in [0, 0.05) is 31.4 Å². The van der Waals surface area contributed by atoms with E-state index in [1.165, 1.54) is 11.2 Å². The number of nitrogen functional groups attached to an aromatic ring is 1. The van der Waals surface area contributed by atoms with Crippen LogP contribution in [0.2, 0.25) is 5.02 Å². The van der Waals surface area contributed by atoms with E-state index in [-0.39, 0.29) is 23.5 Å². The molecule has 0 bridgehead atoms. The molecular weight excluding hydrogens is 480 g/mol. The summed E-state index contributed by atoms with van der Waals surface area (Å²) in [4.78, 5) is 26.5. The summed E-state index contributed by atoms with van der Waals surface area (Å²) in [5.74, 6) is 0.523. The van der Waals surface area contributed by atoms with Crippen LogP contribution in [0, 0.1) is 18.3 Å². The Morgan fingerprint density at radius 1 is 1.31 bits per heavy atom. The molecule has 4 aromatic rings. The lowest BCUT2D eigenvalue weighted by Gasteiger charge is -2.22. The van der Waals surface area contributed by atoms with Gasteiger partial charge in [0.05, 0.1) is 23.1 Å². The minimum Gasteiger partial charge on any atom is -0.492 e. The number of anilines is 1. The number of carbonyl (C=O) groups excluding carboxylic acids is 1. The molecule has 36 heavy (non-hydrogen) atoms. The Kier molecular flexibility index (Phi) is 6.77. The molecule has 184 valence electrons. The molecule has 11 heteroatoms. The molecule has 0 aliphatic rings. The summed E-state index contributed by atoms with van der Waals surface area (Å²) in [6.07, 6.45) is 2.98. The first-order valence-electron chi connectivity index (χ1n) is 11.2. The lowest BCUT2D eigenvalue weighted by molar-refractivity contribution is 0.0822. The van der Waals surface area contributed by atoms with Crippen LogP contribution in [0.25, 0.3) is 22.2 Å². The number of halogens is 1. The Morgan fingerprint density at radius 3 is 2.67 bits per heavy atom. The van der Waals surface area contributed by atoms with E-state index in [1.54, 1.807) is 31.0 Å². The number of fused-ring (bicyclic) bond motifs is 1. The van der Waals surface area contributed by atoms with Crippen LogP contribution in [0.1, 0.15) is 47.2 Å². The van der Waals surface area contributed by atoms with E-state index in [4.69, 9.17) is 22.1 Å². The molecule has 0 fully saturated rings. The zero-order valence-corrected chi connectivity index (χ0v) is 21.3. The highest BCUT2D eigenvalue weighted by molar-refractivity contribution is 6.32. The van der Waals surface area contributed by atoms with Crippen LogP contribution in [-0.2, 0) is 0 Å². The molecule has 4 rings (SSSR count). The normalized spacial score (nSPS) is 11.8. The number of hydrogen-bond donors (Lipinski definition) is 1. The van der Waals surface area contributed by atoms with E-state index in [0.29, 0.717) is 34.1 Å². The molecule has 3 aromatic heterocycles. The van der Waals surface area contributed by atoms with Gasteiger partial charge in [0.2, 0.25) is 0 Å². The second-order valence-corrected chi connectivity index (χ2v) is 8.79. The van der Waals surface area contributed by atoms with Gasteiger partial charge in [-0.1, -0.05) is 17.7 Å². The van der Waals surface area contributed by atoms with Crippen molar-refractivity contribution < 1.29 is 9.53 Å². The van der Waals surface area contributed by atoms with Gasteiger partial charge in [0.25, 0.3) is 5.91 Å². The predicted molar refractivity (Wildman–Crippen MR) is 137 cm³/mol. The van der Waals surface area contributed by atoms with Crippen LogP contribution in [-0.4, -0.2) is 56.2 Å². The predicted octanol–water partition coefficient (Wildman–Crippen LogP) is 4.01. The summed E-state index contributed by atoms with van der Waals surface area (Å²) < 4.78 is 7.57. The molecule has 1 aromatic carbocycles. The van der Waals surface area contributed by atoms with E-state index in [1.807, 2.05) is 32.9 Å². The van der Waals surface area contributed by atoms with Crippen molar-refractivity contribution in [3.8, 4) is 22.9 Å². The number of carbonyl (C=O) groups is 1. The minimum absolute atomic E-state index is 0.148. The third kappa shape index (κ3) is 4.18. The quantitative estimate of drug-likeness (QED) is 0.416. The molecule has 1 atom stereocenters.